The summed E-state index contributed by atoms with van der Waals surface area (Å²) in [5.41, 5.74) is 1.20. The second-order valence-electron chi connectivity index (χ2n) is 4.35. The molecule has 1 N–H and O–H groups in total. The zero-order chi connectivity index (χ0) is 15.2. The molecule has 106 valence electrons. The van der Waals surface area contributed by atoms with Crippen molar-refractivity contribution in [3.8, 4) is 0 Å². The molecule has 2 aromatic carbocycles. The standard InChI is InChI=1S/C16H14N2O3/c1-2-10-17-15-9-8-13(18(20)21)11-14(15)16(19)12-6-4-3-5-7-12/h2-9,11,17H,1,10H2. The Morgan fingerprint density at radius 3 is 2.57 bits per heavy atom. The van der Waals surface area contributed by atoms with Crippen LogP contribution in [0.25, 0.3) is 0 Å². The summed E-state index contributed by atoms with van der Waals surface area (Å²) < 4.78 is 0. The minimum absolute atomic E-state index is 0.113. The van der Waals surface area contributed by atoms with Crippen molar-refractivity contribution >= 4 is 17.2 Å². The fraction of sp³-hybridized carbons (Fsp3) is 0.0625. The van der Waals surface area contributed by atoms with Crippen molar-refractivity contribution in [2.75, 3.05) is 11.9 Å². The monoisotopic (exact) mass is 282 g/mol. The van der Waals surface area contributed by atoms with E-state index in [1.54, 1.807) is 36.4 Å². The van der Waals surface area contributed by atoms with Gasteiger partial charge in [0.2, 0.25) is 0 Å². The molecule has 0 radical (unpaired) electrons. The fourth-order valence-corrected chi connectivity index (χ4v) is 1.91. The molecule has 0 amide bonds. The lowest BCUT2D eigenvalue weighted by Gasteiger charge is -2.10. The van der Waals surface area contributed by atoms with E-state index in [2.05, 4.69) is 11.9 Å². The van der Waals surface area contributed by atoms with E-state index in [9.17, 15) is 14.9 Å². The van der Waals surface area contributed by atoms with Gasteiger partial charge in [-0.05, 0) is 6.07 Å². The highest BCUT2D eigenvalue weighted by Gasteiger charge is 2.17. The third-order valence-electron chi connectivity index (χ3n) is 2.93. The lowest BCUT2D eigenvalue weighted by Crippen LogP contribution is -2.08. The van der Waals surface area contributed by atoms with Crippen LogP contribution >= 0.6 is 0 Å². The summed E-state index contributed by atoms with van der Waals surface area (Å²) in [6, 6.07) is 12.9. The van der Waals surface area contributed by atoms with E-state index < -0.39 is 4.92 Å². The maximum atomic E-state index is 12.5. The summed E-state index contributed by atoms with van der Waals surface area (Å²) >= 11 is 0. The molecule has 0 unspecified atom stereocenters. The second kappa shape index (κ2) is 6.47. The largest absolute Gasteiger partial charge is 0.381 e. The van der Waals surface area contributed by atoms with Crippen molar-refractivity contribution in [2.24, 2.45) is 0 Å². The highest BCUT2D eigenvalue weighted by atomic mass is 16.6. The molecule has 2 rings (SSSR count). The van der Waals surface area contributed by atoms with Crippen LogP contribution in [0, 0.1) is 10.1 Å². The average molecular weight is 282 g/mol. The molecule has 0 aliphatic carbocycles. The molecule has 0 aliphatic heterocycles. The Morgan fingerprint density at radius 2 is 1.95 bits per heavy atom. The van der Waals surface area contributed by atoms with Gasteiger partial charge in [0, 0.05) is 29.9 Å². The van der Waals surface area contributed by atoms with Crippen molar-refractivity contribution in [2.45, 2.75) is 0 Å². The molecule has 0 saturated carbocycles. The Kier molecular flexibility index (Phi) is 4.46. The molecule has 5 heteroatoms. The highest BCUT2D eigenvalue weighted by molar-refractivity contribution is 6.12. The van der Waals surface area contributed by atoms with E-state index in [0.29, 0.717) is 17.8 Å². The van der Waals surface area contributed by atoms with E-state index in [4.69, 9.17) is 0 Å². The van der Waals surface area contributed by atoms with Gasteiger partial charge in [0.15, 0.2) is 5.78 Å². The third kappa shape index (κ3) is 3.33. The van der Waals surface area contributed by atoms with Crippen LogP contribution in [0.4, 0.5) is 11.4 Å². The molecular formula is C16H14N2O3. The molecule has 0 atom stereocenters. The van der Waals surface area contributed by atoms with Crippen molar-refractivity contribution in [3.63, 3.8) is 0 Å². The summed E-state index contributed by atoms with van der Waals surface area (Å²) in [6.07, 6.45) is 1.65. The number of nitro groups is 1. The van der Waals surface area contributed by atoms with Gasteiger partial charge in [0.1, 0.15) is 0 Å². The van der Waals surface area contributed by atoms with E-state index in [0.717, 1.165) is 0 Å². The predicted molar refractivity (Wildman–Crippen MR) is 81.7 cm³/mol. The van der Waals surface area contributed by atoms with Gasteiger partial charge in [-0.25, -0.2) is 0 Å². The Hall–Kier alpha value is -2.95. The second-order valence-corrected chi connectivity index (χ2v) is 4.35. The molecule has 0 aliphatic rings. The Morgan fingerprint density at radius 1 is 1.24 bits per heavy atom. The summed E-state index contributed by atoms with van der Waals surface area (Å²) in [7, 11) is 0. The lowest BCUT2D eigenvalue weighted by atomic mass is 10.0. The van der Waals surface area contributed by atoms with Gasteiger partial charge in [0.05, 0.1) is 10.5 Å². The number of carbonyl (C=O) groups excluding carboxylic acids is 1. The molecule has 0 aromatic heterocycles. The fourth-order valence-electron chi connectivity index (χ4n) is 1.91. The van der Waals surface area contributed by atoms with Crippen LogP contribution in [0.15, 0.2) is 61.2 Å². The van der Waals surface area contributed by atoms with E-state index in [-0.39, 0.29) is 17.0 Å². The number of nitrogens with one attached hydrogen (secondary N) is 1. The van der Waals surface area contributed by atoms with E-state index in [1.807, 2.05) is 0 Å². The van der Waals surface area contributed by atoms with Gasteiger partial charge >= 0.3 is 0 Å². The number of hydrogen-bond acceptors (Lipinski definition) is 4. The van der Waals surface area contributed by atoms with Crippen LogP contribution in [0.1, 0.15) is 15.9 Å². The molecule has 2 aromatic rings. The predicted octanol–water partition coefficient (Wildman–Crippen LogP) is 3.42. The Balaban J connectivity index is 2.47. The number of carbonyl (C=O) groups is 1. The number of nitro benzene ring substituents is 1. The number of anilines is 1. The Labute approximate surface area is 122 Å². The van der Waals surface area contributed by atoms with Gasteiger partial charge in [-0.2, -0.15) is 0 Å². The zero-order valence-electron chi connectivity index (χ0n) is 11.3. The first-order chi connectivity index (χ1) is 10.1. The van der Waals surface area contributed by atoms with Gasteiger partial charge in [-0.3, -0.25) is 14.9 Å². The minimum atomic E-state index is -0.515. The van der Waals surface area contributed by atoms with Gasteiger partial charge in [0.25, 0.3) is 5.69 Å². The number of benzene rings is 2. The number of nitrogens with zero attached hydrogens (tertiary/aromatic N) is 1. The molecular weight excluding hydrogens is 268 g/mol. The van der Waals surface area contributed by atoms with Crippen molar-refractivity contribution in [1.29, 1.82) is 0 Å². The first-order valence-electron chi connectivity index (χ1n) is 6.36. The van der Waals surface area contributed by atoms with Gasteiger partial charge in [-0.1, -0.05) is 36.4 Å². The van der Waals surface area contributed by atoms with Crippen molar-refractivity contribution < 1.29 is 9.72 Å². The van der Waals surface area contributed by atoms with Crippen LogP contribution in [-0.2, 0) is 0 Å². The number of non-ortho nitro benzene ring substituents is 1. The molecule has 5 nitrogen and oxygen atoms in total. The van der Waals surface area contributed by atoms with Crippen molar-refractivity contribution in [3.05, 3.63) is 82.4 Å². The van der Waals surface area contributed by atoms with Crippen LogP contribution < -0.4 is 5.32 Å². The number of hydrogen-bond donors (Lipinski definition) is 1. The molecule has 0 saturated heterocycles. The summed E-state index contributed by atoms with van der Waals surface area (Å²) in [6.45, 7) is 4.06. The summed E-state index contributed by atoms with van der Waals surface area (Å²) in [5, 5.41) is 13.9. The van der Waals surface area contributed by atoms with Gasteiger partial charge < -0.3 is 5.32 Å². The van der Waals surface area contributed by atoms with Crippen LogP contribution in [-0.4, -0.2) is 17.3 Å². The lowest BCUT2D eigenvalue weighted by molar-refractivity contribution is -0.384. The maximum Gasteiger partial charge on any atom is 0.270 e. The normalized spacial score (nSPS) is 9.90. The first-order valence-corrected chi connectivity index (χ1v) is 6.36. The Bertz CT molecular complexity index is 681. The number of rotatable bonds is 6. The summed E-state index contributed by atoms with van der Waals surface area (Å²) in [4.78, 5) is 22.9. The molecule has 0 heterocycles. The molecule has 0 bridgehead atoms. The average Bonchev–Trinajstić information content (AvgIpc) is 2.52. The minimum Gasteiger partial charge on any atom is -0.381 e. The topological polar surface area (TPSA) is 72.2 Å². The SMILES string of the molecule is C=CCNc1ccc([N+](=O)[O-])cc1C(=O)c1ccccc1. The molecule has 0 fully saturated rings. The quantitative estimate of drug-likeness (QED) is 0.381. The first kappa shape index (κ1) is 14.5. The van der Waals surface area contributed by atoms with Crippen LogP contribution in [0.5, 0.6) is 0 Å². The molecule has 0 spiro atoms. The van der Waals surface area contributed by atoms with Crippen LogP contribution in [0.3, 0.4) is 0 Å². The van der Waals surface area contributed by atoms with Crippen LogP contribution in [0.2, 0.25) is 0 Å². The molecule has 21 heavy (non-hydrogen) atoms. The van der Waals surface area contributed by atoms with E-state index in [1.165, 1.54) is 18.2 Å². The van der Waals surface area contributed by atoms with E-state index >= 15 is 0 Å². The zero-order valence-corrected chi connectivity index (χ0v) is 11.3. The highest BCUT2D eigenvalue weighted by Crippen LogP contribution is 2.24. The van der Waals surface area contributed by atoms with Gasteiger partial charge in [-0.15, -0.1) is 6.58 Å². The smallest absolute Gasteiger partial charge is 0.270 e. The summed E-state index contributed by atoms with van der Waals surface area (Å²) in [5.74, 6) is -0.258. The maximum absolute atomic E-state index is 12.5. The van der Waals surface area contributed by atoms with Crippen molar-refractivity contribution in [1.82, 2.24) is 0 Å². The number of ketones is 1. The third-order valence-corrected chi connectivity index (χ3v) is 2.93.